The smallest absolute Gasteiger partial charge is 0.142 e. The van der Waals surface area contributed by atoms with Crippen LogP contribution in [-0.4, -0.2) is 37.7 Å². The predicted octanol–water partition coefficient (Wildman–Crippen LogP) is 3.19. The maximum atomic E-state index is 10.3. The normalized spacial score (nSPS) is 12.3. The van der Waals surface area contributed by atoms with E-state index in [0.29, 0.717) is 31.8 Å². The topological polar surface area (TPSA) is 58.7 Å². The van der Waals surface area contributed by atoms with Crippen molar-refractivity contribution in [2.45, 2.75) is 32.6 Å². The lowest BCUT2D eigenvalue weighted by Crippen LogP contribution is -2.35. The van der Waals surface area contributed by atoms with Crippen molar-refractivity contribution in [1.29, 1.82) is 0 Å². The van der Waals surface area contributed by atoms with Gasteiger partial charge in [0.1, 0.15) is 18.2 Å². The van der Waals surface area contributed by atoms with Crippen LogP contribution in [0.15, 0.2) is 42.5 Å². The SMILES string of the molecule is [B]CCc1ccc(OCN(CC)CC(N)c2ccccc2)c(C)c1O. The summed E-state index contributed by atoms with van der Waals surface area (Å²) in [6, 6.07) is 13.8. The van der Waals surface area contributed by atoms with Gasteiger partial charge in [-0.05, 0) is 37.1 Å². The van der Waals surface area contributed by atoms with E-state index in [1.807, 2.05) is 49.4 Å². The Labute approximate surface area is 152 Å². The van der Waals surface area contributed by atoms with E-state index < -0.39 is 0 Å². The molecule has 132 valence electrons. The molecular formula is C20H27BN2O2. The molecule has 5 heteroatoms. The standard InChI is InChI=1S/C20H27BN2O2/c1-3-23(13-18(22)16-7-5-4-6-8-16)14-25-19-10-9-17(11-12-21)20(24)15(19)2/h4-10,18,24H,3,11-14,22H2,1-2H3. The van der Waals surface area contributed by atoms with Crippen molar-refractivity contribution in [3.8, 4) is 11.5 Å². The van der Waals surface area contributed by atoms with E-state index in [1.54, 1.807) is 0 Å². The van der Waals surface area contributed by atoms with Crippen molar-refractivity contribution in [3.63, 3.8) is 0 Å². The molecule has 2 radical (unpaired) electrons. The Morgan fingerprint density at radius 2 is 1.92 bits per heavy atom. The van der Waals surface area contributed by atoms with E-state index in [0.717, 1.165) is 23.2 Å². The lowest BCUT2D eigenvalue weighted by molar-refractivity contribution is 0.124. The fourth-order valence-corrected chi connectivity index (χ4v) is 2.77. The Balaban J connectivity index is 1.97. The lowest BCUT2D eigenvalue weighted by atomic mass is 9.95. The fraction of sp³-hybridized carbons (Fsp3) is 0.400. The van der Waals surface area contributed by atoms with Crippen LogP contribution < -0.4 is 10.5 Å². The number of nitrogens with two attached hydrogens (primary N) is 1. The number of aromatic hydroxyl groups is 1. The third-order valence-electron chi connectivity index (χ3n) is 4.41. The van der Waals surface area contributed by atoms with E-state index in [2.05, 4.69) is 11.8 Å². The zero-order chi connectivity index (χ0) is 18.2. The summed E-state index contributed by atoms with van der Waals surface area (Å²) in [4.78, 5) is 2.14. The molecular weight excluding hydrogens is 311 g/mol. The minimum Gasteiger partial charge on any atom is -0.507 e. The summed E-state index contributed by atoms with van der Waals surface area (Å²) >= 11 is 0. The highest BCUT2D eigenvalue weighted by Gasteiger charge is 2.14. The summed E-state index contributed by atoms with van der Waals surface area (Å²) in [7, 11) is 5.57. The molecule has 2 aromatic carbocycles. The summed E-state index contributed by atoms with van der Waals surface area (Å²) < 4.78 is 5.92. The molecule has 1 atom stereocenters. The molecule has 2 aromatic rings. The van der Waals surface area contributed by atoms with Gasteiger partial charge >= 0.3 is 0 Å². The van der Waals surface area contributed by atoms with Gasteiger partial charge in [-0.15, -0.1) is 0 Å². The van der Waals surface area contributed by atoms with E-state index in [4.69, 9.17) is 18.3 Å². The molecule has 0 aromatic heterocycles. The molecule has 0 aliphatic rings. The molecule has 0 aliphatic heterocycles. The van der Waals surface area contributed by atoms with Crippen molar-refractivity contribution >= 4 is 7.85 Å². The molecule has 4 nitrogen and oxygen atoms in total. The van der Waals surface area contributed by atoms with Crippen LogP contribution in [-0.2, 0) is 6.42 Å². The van der Waals surface area contributed by atoms with Gasteiger partial charge in [-0.25, -0.2) is 0 Å². The maximum Gasteiger partial charge on any atom is 0.142 e. The van der Waals surface area contributed by atoms with Gasteiger partial charge in [-0.2, -0.15) is 0 Å². The number of ether oxygens (including phenoxy) is 1. The molecule has 0 fully saturated rings. The largest absolute Gasteiger partial charge is 0.507 e. The maximum absolute atomic E-state index is 10.3. The fourth-order valence-electron chi connectivity index (χ4n) is 2.77. The lowest BCUT2D eigenvalue weighted by Gasteiger charge is -2.25. The van der Waals surface area contributed by atoms with Gasteiger partial charge < -0.3 is 15.6 Å². The number of benzene rings is 2. The van der Waals surface area contributed by atoms with Gasteiger partial charge in [0.05, 0.1) is 7.85 Å². The molecule has 1 unspecified atom stereocenters. The Hall–Kier alpha value is -1.98. The van der Waals surface area contributed by atoms with Gasteiger partial charge in [-0.3, -0.25) is 4.90 Å². The molecule has 2 rings (SSSR count). The minimum atomic E-state index is -0.0637. The summed E-state index contributed by atoms with van der Waals surface area (Å²) in [5.74, 6) is 0.956. The first-order chi connectivity index (χ1) is 12.1. The van der Waals surface area contributed by atoms with Gasteiger partial charge in [-0.1, -0.05) is 49.6 Å². The monoisotopic (exact) mass is 338 g/mol. The number of phenolic OH excluding ortho intramolecular Hbond substituents is 1. The van der Waals surface area contributed by atoms with Crippen LogP contribution in [0.2, 0.25) is 6.32 Å². The predicted molar refractivity (Wildman–Crippen MR) is 103 cm³/mol. The number of nitrogens with zero attached hydrogens (tertiary/aromatic N) is 1. The Morgan fingerprint density at radius 1 is 1.20 bits per heavy atom. The van der Waals surface area contributed by atoms with E-state index in [9.17, 15) is 5.11 Å². The number of rotatable bonds is 9. The quantitative estimate of drug-likeness (QED) is 0.545. The average molecular weight is 338 g/mol. The average Bonchev–Trinajstić information content (AvgIpc) is 2.64. The van der Waals surface area contributed by atoms with Crippen LogP contribution >= 0.6 is 0 Å². The summed E-state index contributed by atoms with van der Waals surface area (Å²) in [6.45, 7) is 5.90. The van der Waals surface area contributed by atoms with Crippen LogP contribution in [0.25, 0.3) is 0 Å². The second kappa shape index (κ2) is 9.49. The van der Waals surface area contributed by atoms with Crippen LogP contribution in [0.5, 0.6) is 11.5 Å². The summed E-state index contributed by atoms with van der Waals surface area (Å²) in [5, 5.41) is 10.3. The highest BCUT2D eigenvalue weighted by Crippen LogP contribution is 2.31. The van der Waals surface area contributed by atoms with E-state index >= 15 is 0 Å². The summed E-state index contributed by atoms with van der Waals surface area (Å²) in [5.41, 5.74) is 9.01. The van der Waals surface area contributed by atoms with Crippen LogP contribution in [0.3, 0.4) is 0 Å². The third kappa shape index (κ3) is 5.25. The van der Waals surface area contributed by atoms with Crippen LogP contribution in [0.1, 0.15) is 29.7 Å². The zero-order valence-corrected chi connectivity index (χ0v) is 15.1. The highest BCUT2D eigenvalue weighted by molar-refractivity contribution is 6.08. The number of aryl methyl sites for hydroxylation is 1. The number of phenols is 1. The number of likely N-dealkylation sites (N-methyl/N-ethyl adjacent to an activating group) is 1. The first kappa shape index (κ1) is 19.4. The second-order valence-electron chi connectivity index (χ2n) is 6.20. The first-order valence-corrected chi connectivity index (χ1v) is 8.74. The Morgan fingerprint density at radius 3 is 2.56 bits per heavy atom. The van der Waals surface area contributed by atoms with Crippen molar-refractivity contribution in [3.05, 3.63) is 59.2 Å². The molecule has 0 spiro atoms. The van der Waals surface area contributed by atoms with Crippen molar-refractivity contribution in [2.75, 3.05) is 19.8 Å². The van der Waals surface area contributed by atoms with E-state index in [-0.39, 0.29) is 11.8 Å². The van der Waals surface area contributed by atoms with Gasteiger partial charge in [0.2, 0.25) is 0 Å². The molecule has 0 amide bonds. The van der Waals surface area contributed by atoms with Gasteiger partial charge in [0, 0.05) is 18.2 Å². The number of hydrogen-bond acceptors (Lipinski definition) is 4. The molecule has 0 saturated heterocycles. The van der Waals surface area contributed by atoms with E-state index in [1.165, 1.54) is 0 Å². The van der Waals surface area contributed by atoms with Crippen molar-refractivity contribution in [2.24, 2.45) is 5.73 Å². The second-order valence-corrected chi connectivity index (χ2v) is 6.20. The molecule has 0 bridgehead atoms. The van der Waals surface area contributed by atoms with Crippen LogP contribution in [0, 0.1) is 6.92 Å². The zero-order valence-electron chi connectivity index (χ0n) is 15.1. The molecule has 0 saturated carbocycles. The van der Waals surface area contributed by atoms with Crippen molar-refractivity contribution < 1.29 is 9.84 Å². The first-order valence-electron chi connectivity index (χ1n) is 8.74. The highest BCUT2D eigenvalue weighted by atomic mass is 16.5. The summed E-state index contributed by atoms with van der Waals surface area (Å²) in [6.07, 6.45) is 1.16. The minimum absolute atomic E-state index is 0.0637. The van der Waals surface area contributed by atoms with Crippen LogP contribution in [0.4, 0.5) is 0 Å². The molecule has 0 aliphatic carbocycles. The molecule has 3 N–H and O–H groups in total. The number of hydrogen-bond donors (Lipinski definition) is 2. The molecule has 25 heavy (non-hydrogen) atoms. The van der Waals surface area contributed by atoms with Crippen molar-refractivity contribution in [1.82, 2.24) is 4.90 Å². The molecule has 0 heterocycles. The Bertz CT molecular complexity index is 664. The Kier molecular flexibility index (Phi) is 7.35. The van der Waals surface area contributed by atoms with Gasteiger partial charge in [0.15, 0.2) is 0 Å². The van der Waals surface area contributed by atoms with Gasteiger partial charge in [0.25, 0.3) is 0 Å². The third-order valence-corrected chi connectivity index (χ3v) is 4.41.